The van der Waals surface area contributed by atoms with Crippen LogP contribution in [0, 0.1) is 6.92 Å². The summed E-state index contributed by atoms with van der Waals surface area (Å²) in [6, 6.07) is 13.7. The summed E-state index contributed by atoms with van der Waals surface area (Å²) in [4.78, 5) is 30.0. The molecule has 2 aliphatic rings. The van der Waals surface area contributed by atoms with Crippen molar-refractivity contribution in [3.05, 3.63) is 75.8 Å². The van der Waals surface area contributed by atoms with Crippen molar-refractivity contribution in [3.8, 4) is 0 Å². The highest BCUT2D eigenvalue weighted by Gasteiger charge is 2.45. The van der Waals surface area contributed by atoms with Gasteiger partial charge in [-0.05, 0) is 43.2 Å². The fourth-order valence-electron chi connectivity index (χ4n) is 4.26. The number of ether oxygens (including phenoxy) is 1. The van der Waals surface area contributed by atoms with Gasteiger partial charge in [0.05, 0.1) is 24.8 Å². The van der Waals surface area contributed by atoms with Crippen LogP contribution in [0.1, 0.15) is 29.2 Å². The van der Waals surface area contributed by atoms with E-state index in [1.807, 2.05) is 31.2 Å². The van der Waals surface area contributed by atoms with Crippen molar-refractivity contribution < 1.29 is 19.4 Å². The number of ketones is 1. The lowest BCUT2D eigenvalue weighted by atomic mass is 9.94. The van der Waals surface area contributed by atoms with Crippen LogP contribution in [0.15, 0.2) is 54.1 Å². The number of carbonyl (C=O) groups is 2. The van der Waals surface area contributed by atoms with Gasteiger partial charge in [0.15, 0.2) is 0 Å². The smallest absolute Gasteiger partial charge is 0.295 e. The van der Waals surface area contributed by atoms with Gasteiger partial charge in [-0.2, -0.15) is 0 Å². The van der Waals surface area contributed by atoms with E-state index in [1.54, 1.807) is 29.2 Å². The number of benzene rings is 2. The molecule has 1 N–H and O–H groups in total. The van der Waals surface area contributed by atoms with Crippen LogP contribution in [0.4, 0.5) is 0 Å². The summed E-state index contributed by atoms with van der Waals surface area (Å²) >= 11 is 5.97. The van der Waals surface area contributed by atoms with Gasteiger partial charge < -0.3 is 14.7 Å². The van der Waals surface area contributed by atoms with Crippen molar-refractivity contribution in [1.29, 1.82) is 0 Å². The Morgan fingerprint density at radius 1 is 1.03 bits per heavy atom. The van der Waals surface area contributed by atoms with Gasteiger partial charge in [0.1, 0.15) is 5.76 Å². The fraction of sp³-hybridized carbons (Fsp3) is 0.360. The summed E-state index contributed by atoms with van der Waals surface area (Å²) in [5.74, 6) is -1.41. The molecule has 7 heteroatoms. The zero-order valence-electron chi connectivity index (χ0n) is 18.1. The van der Waals surface area contributed by atoms with E-state index in [1.165, 1.54) is 0 Å². The number of likely N-dealkylation sites (tertiary alicyclic amines) is 1. The number of halogens is 1. The van der Waals surface area contributed by atoms with Gasteiger partial charge in [-0.15, -0.1) is 0 Å². The highest BCUT2D eigenvalue weighted by molar-refractivity contribution is 6.46. The fourth-order valence-corrected chi connectivity index (χ4v) is 4.38. The molecule has 1 amide bonds. The monoisotopic (exact) mass is 454 g/mol. The van der Waals surface area contributed by atoms with Crippen LogP contribution in [0.2, 0.25) is 5.02 Å². The van der Waals surface area contributed by atoms with E-state index in [0.717, 1.165) is 50.4 Å². The second-order valence-corrected chi connectivity index (χ2v) is 8.65. The minimum atomic E-state index is -0.658. The molecule has 0 aromatic heterocycles. The summed E-state index contributed by atoms with van der Waals surface area (Å²) in [5, 5.41) is 11.6. The van der Waals surface area contributed by atoms with E-state index in [9.17, 15) is 14.7 Å². The molecular weight excluding hydrogens is 428 g/mol. The molecule has 4 rings (SSSR count). The van der Waals surface area contributed by atoms with Crippen LogP contribution in [0.3, 0.4) is 0 Å². The molecule has 168 valence electrons. The first-order valence-corrected chi connectivity index (χ1v) is 11.2. The van der Waals surface area contributed by atoms with E-state index in [-0.39, 0.29) is 11.3 Å². The van der Waals surface area contributed by atoms with Gasteiger partial charge >= 0.3 is 0 Å². The van der Waals surface area contributed by atoms with Crippen LogP contribution in [0.5, 0.6) is 0 Å². The maximum atomic E-state index is 13.1. The Kier molecular flexibility index (Phi) is 6.94. The molecule has 2 heterocycles. The van der Waals surface area contributed by atoms with Gasteiger partial charge in [0.25, 0.3) is 11.7 Å². The Morgan fingerprint density at radius 3 is 2.34 bits per heavy atom. The Bertz CT molecular complexity index is 1010. The summed E-state index contributed by atoms with van der Waals surface area (Å²) in [6.07, 6.45) is 0.733. The number of rotatable bonds is 6. The minimum absolute atomic E-state index is 0.118. The molecule has 0 bridgehead atoms. The van der Waals surface area contributed by atoms with Crippen molar-refractivity contribution in [2.75, 3.05) is 39.4 Å². The predicted octanol–water partition coefficient (Wildman–Crippen LogP) is 3.79. The number of aliphatic hydroxyl groups is 1. The highest BCUT2D eigenvalue weighted by Crippen LogP contribution is 2.39. The average Bonchev–Trinajstić information content (AvgIpc) is 3.05. The predicted molar refractivity (Wildman–Crippen MR) is 124 cm³/mol. The molecule has 6 nitrogen and oxygen atoms in total. The summed E-state index contributed by atoms with van der Waals surface area (Å²) in [6.45, 7) is 6.41. The van der Waals surface area contributed by atoms with Crippen molar-refractivity contribution in [1.82, 2.24) is 9.80 Å². The second kappa shape index (κ2) is 9.86. The number of hydrogen-bond donors (Lipinski definition) is 1. The van der Waals surface area contributed by atoms with Crippen molar-refractivity contribution in [3.63, 3.8) is 0 Å². The largest absolute Gasteiger partial charge is 0.507 e. The van der Waals surface area contributed by atoms with E-state index < -0.39 is 17.7 Å². The third-order valence-electron chi connectivity index (χ3n) is 6.03. The topological polar surface area (TPSA) is 70.1 Å². The van der Waals surface area contributed by atoms with Gasteiger partial charge in [0, 0.05) is 36.8 Å². The second-order valence-electron chi connectivity index (χ2n) is 8.22. The number of carbonyl (C=O) groups excluding carboxylic acids is 2. The van der Waals surface area contributed by atoms with Gasteiger partial charge in [0.2, 0.25) is 0 Å². The maximum Gasteiger partial charge on any atom is 0.295 e. The average molecular weight is 455 g/mol. The zero-order chi connectivity index (χ0) is 22.7. The summed E-state index contributed by atoms with van der Waals surface area (Å²) in [5.41, 5.74) is 2.46. The maximum absolute atomic E-state index is 13.1. The third-order valence-corrected chi connectivity index (χ3v) is 6.28. The van der Waals surface area contributed by atoms with E-state index in [0.29, 0.717) is 17.1 Å². The molecule has 0 radical (unpaired) electrons. The van der Waals surface area contributed by atoms with Crippen LogP contribution in [-0.2, 0) is 14.3 Å². The standard InChI is InChI=1S/C25H27ClN2O4/c1-17-3-5-18(6-4-17)22-21(23(29)19-7-9-20(26)10-8-19)24(30)25(31)28(22)12-2-11-27-13-15-32-16-14-27/h3-10,22,29H,2,11-16H2,1H3/t22-/m1/s1. The van der Waals surface area contributed by atoms with E-state index in [2.05, 4.69) is 4.90 Å². The van der Waals surface area contributed by atoms with E-state index >= 15 is 0 Å². The SMILES string of the molecule is Cc1ccc([C@@H]2C(=C(O)c3ccc(Cl)cc3)C(=O)C(=O)N2CCCN2CCOCC2)cc1. The van der Waals surface area contributed by atoms with Crippen LogP contribution < -0.4 is 0 Å². The lowest BCUT2D eigenvalue weighted by molar-refractivity contribution is -0.140. The van der Waals surface area contributed by atoms with Crippen molar-refractivity contribution in [2.45, 2.75) is 19.4 Å². The molecule has 0 spiro atoms. The molecule has 2 aromatic carbocycles. The lowest BCUT2D eigenvalue weighted by Gasteiger charge is -2.29. The molecule has 2 fully saturated rings. The molecule has 0 saturated carbocycles. The molecule has 2 saturated heterocycles. The molecule has 32 heavy (non-hydrogen) atoms. The molecule has 1 atom stereocenters. The number of aryl methyl sites for hydroxylation is 1. The number of amides is 1. The van der Waals surface area contributed by atoms with Gasteiger partial charge in [-0.1, -0.05) is 41.4 Å². The zero-order valence-corrected chi connectivity index (χ0v) is 18.8. The molecule has 0 unspecified atom stereocenters. The number of hydrogen-bond acceptors (Lipinski definition) is 5. The summed E-state index contributed by atoms with van der Waals surface area (Å²) in [7, 11) is 0. The number of aliphatic hydroxyl groups excluding tert-OH is 1. The van der Waals surface area contributed by atoms with Crippen molar-refractivity contribution >= 4 is 29.1 Å². The lowest BCUT2D eigenvalue weighted by Crippen LogP contribution is -2.38. The molecule has 2 aliphatic heterocycles. The highest BCUT2D eigenvalue weighted by atomic mass is 35.5. The van der Waals surface area contributed by atoms with Gasteiger partial charge in [-0.3, -0.25) is 14.5 Å². The molecule has 2 aromatic rings. The van der Waals surface area contributed by atoms with Crippen molar-refractivity contribution in [2.24, 2.45) is 0 Å². The Hall–Kier alpha value is -2.67. The first-order valence-electron chi connectivity index (χ1n) is 10.9. The molecule has 0 aliphatic carbocycles. The number of morpholine rings is 1. The first kappa shape index (κ1) is 22.5. The number of Topliss-reactive ketones (excluding diaryl/α,β-unsaturated/α-hetero) is 1. The van der Waals surface area contributed by atoms with Crippen LogP contribution in [-0.4, -0.2) is 66.0 Å². The summed E-state index contributed by atoms with van der Waals surface area (Å²) < 4.78 is 5.39. The Balaban J connectivity index is 1.66. The van der Waals surface area contributed by atoms with Crippen LogP contribution in [0.25, 0.3) is 5.76 Å². The third kappa shape index (κ3) is 4.72. The normalized spacial score (nSPS) is 21.3. The Morgan fingerprint density at radius 2 is 1.69 bits per heavy atom. The minimum Gasteiger partial charge on any atom is -0.507 e. The van der Waals surface area contributed by atoms with Gasteiger partial charge in [-0.25, -0.2) is 0 Å². The first-order chi connectivity index (χ1) is 15.5. The number of nitrogens with zero attached hydrogens (tertiary/aromatic N) is 2. The van der Waals surface area contributed by atoms with Crippen LogP contribution >= 0.6 is 11.6 Å². The molecular formula is C25H27ClN2O4. The Labute approximate surface area is 193 Å². The quantitative estimate of drug-likeness (QED) is 0.408. The van der Waals surface area contributed by atoms with E-state index in [4.69, 9.17) is 16.3 Å².